The van der Waals surface area contributed by atoms with E-state index in [2.05, 4.69) is 0 Å². The first-order valence-electron chi connectivity index (χ1n) is 10.8. The molecule has 4 rings (SSSR count). The van der Waals surface area contributed by atoms with E-state index in [0.29, 0.717) is 17.1 Å². The molecule has 3 aromatic carbocycles. The number of rotatable bonds is 3. The minimum absolute atomic E-state index is 0.120. The average molecular weight is 479 g/mol. The summed E-state index contributed by atoms with van der Waals surface area (Å²) in [5.74, 6) is 0.317. The van der Waals surface area contributed by atoms with Crippen LogP contribution in [0, 0.1) is 6.92 Å². The maximum atomic E-state index is 13.2. The largest absolute Gasteiger partial charge is 0.419 e. The molecule has 1 heterocycles. The number of aryl methyl sites for hydroxylation is 1. The molecule has 1 aliphatic heterocycles. The number of carbonyl (C=O) groups excluding carboxylic acids is 2. The standard InChI is InChI=1S/C26H26N2O5S/c1-17-5-10-22(11-6-17)33-26(30)27-16-18(2)28(19(3)29)24-14-9-21(15-25(24)27)20-7-12-23(13-8-20)34(4,31)32/h5-15,18H,16H2,1-4H3. The van der Waals surface area contributed by atoms with Crippen molar-refractivity contribution >= 4 is 33.2 Å². The van der Waals surface area contributed by atoms with Crippen LogP contribution in [-0.4, -0.2) is 39.3 Å². The van der Waals surface area contributed by atoms with Gasteiger partial charge in [-0.2, -0.15) is 0 Å². The highest BCUT2D eigenvalue weighted by molar-refractivity contribution is 7.90. The van der Waals surface area contributed by atoms with Crippen molar-refractivity contribution in [3.05, 3.63) is 72.3 Å². The number of benzene rings is 3. The van der Waals surface area contributed by atoms with Crippen molar-refractivity contribution in [1.29, 1.82) is 0 Å². The van der Waals surface area contributed by atoms with Crippen molar-refractivity contribution in [3.8, 4) is 16.9 Å². The zero-order valence-electron chi connectivity index (χ0n) is 19.5. The van der Waals surface area contributed by atoms with Gasteiger partial charge in [-0.05, 0) is 61.4 Å². The topological polar surface area (TPSA) is 84.0 Å². The van der Waals surface area contributed by atoms with E-state index in [1.807, 2.05) is 38.1 Å². The van der Waals surface area contributed by atoms with Crippen LogP contribution in [0.2, 0.25) is 0 Å². The molecule has 0 saturated carbocycles. The summed E-state index contributed by atoms with van der Waals surface area (Å²) in [7, 11) is -3.31. The lowest BCUT2D eigenvalue weighted by molar-refractivity contribution is -0.117. The summed E-state index contributed by atoms with van der Waals surface area (Å²) in [6.45, 7) is 5.61. The second kappa shape index (κ2) is 8.95. The number of anilines is 2. The molecular weight excluding hydrogens is 452 g/mol. The maximum absolute atomic E-state index is 13.2. The molecule has 2 amide bonds. The molecule has 0 spiro atoms. The number of hydrogen-bond acceptors (Lipinski definition) is 5. The van der Waals surface area contributed by atoms with Crippen LogP contribution in [0.25, 0.3) is 11.1 Å². The minimum Gasteiger partial charge on any atom is -0.410 e. The zero-order chi connectivity index (χ0) is 24.6. The van der Waals surface area contributed by atoms with Crippen LogP contribution in [-0.2, 0) is 14.6 Å². The van der Waals surface area contributed by atoms with Crippen molar-refractivity contribution in [3.63, 3.8) is 0 Å². The molecule has 3 aromatic rings. The first-order valence-corrected chi connectivity index (χ1v) is 12.7. The van der Waals surface area contributed by atoms with E-state index in [9.17, 15) is 18.0 Å². The van der Waals surface area contributed by atoms with Gasteiger partial charge >= 0.3 is 6.09 Å². The molecule has 8 heteroatoms. The first-order chi connectivity index (χ1) is 16.0. The van der Waals surface area contributed by atoms with Gasteiger partial charge in [0.1, 0.15) is 5.75 Å². The van der Waals surface area contributed by atoms with Gasteiger partial charge in [0.05, 0.1) is 22.3 Å². The highest BCUT2D eigenvalue weighted by Gasteiger charge is 2.34. The second-order valence-corrected chi connectivity index (χ2v) is 10.5. The third-order valence-corrected chi connectivity index (χ3v) is 6.94. The molecule has 34 heavy (non-hydrogen) atoms. The van der Waals surface area contributed by atoms with E-state index in [1.165, 1.54) is 11.8 Å². The summed E-state index contributed by atoms with van der Waals surface area (Å²) in [6.07, 6.45) is 0.625. The Bertz CT molecular complexity index is 1350. The van der Waals surface area contributed by atoms with E-state index < -0.39 is 15.9 Å². The SMILES string of the molecule is CC(=O)N1c2ccc(-c3ccc(S(C)(=O)=O)cc3)cc2N(C(=O)Oc2ccc(C)cc2)CC1C. The lowest BCUT2D eigenvalue weighted by Gasteiger charge is -2.40. The van der Waals surface area contributed by atoms with E-state index in [4.69, 9.17) is 4.74 Å². The molecule has 1 aliphatic rings. The monoisotopic (exact) mass is 478 g/mol. The van der Waals surface area contributed by atoms with Crippen LogP contribution < -0.4 is 14.5 Å². The Morgan fingerprint density at radius 2 is 1.53 bits per heavy atom. The van der Waals surface area contributed by atoms with Crippen molar-refractivity contribution in [2.24, 2.45) is 0 Å². The number of nitrogens with zero attached hydrogens (tertiary/aromatic N) is 2. The summed E-state index contributed by atoms with van der Waals surface area (Å²) >= 11 is 0. The summed E-state index contributed by atoms with van der Waals surface area (Å²) in [4.78, 5) is 29.0. The molecule has 0 bridgehead atoms. The number of carbonyl (C=O) groups is 2. The van der Waals surface area contributed by atoms with Crippen LogP contribution in [0.15, 0.2) is 71.6 Å². The number of hydrogen-bond donors (Lipinski definition) is 0. The molecule has 7 nitrogen and oxygen atoms in total. The molecule has 0 aliphatic carbocycles. The molecule has 0 N–H and O–H groups in total. The van der Waals surface area contributed by atoms with E-state index in [-0.39, 0.29) is 23.4 Å². The van der Waals surface area contributed by atoms with Crippen LogP contribution in [0.4, 0.5) is 16.2 Å². The summed E-state index contributed by atoms with van der Waals surface area (Å²) in [5.41, 5.74) is 3.79. The van der Waals surface area contributed by atoms with Gasteiger partial charge in [-0.15, -0.1) is 0 Å². The van der Waals surface area contributed by atoms with Gasteiger partial charge in [-0.25, -0.2) is 13.2 Å². The summed E-state index contributed by atoms with van der Waals surface area (Å²) in [6, 6.07) is 19.0. The predicted molar refractivity (Wildman–Crippen MR) is 132 cm³/mol. The molecule has 0 saturated heterocycles. The Morgan fingerprint density at radius 1 is 0.912 bits per heavy atom. The Morgan fingerprint density at radius 3 is 2.12 bits per heavy atom. The number of sulfone groups is 1. The Hall–Kier alpha value is -3.65. The van der Waals surface area contributed by atoms with Crippen molar-refractivity contribution < 1.29 is 22.7 Å². The van der Waals surface area contributed by atoms with E-state index in [0.717, 1.165) is 22.9 Å². The Balaban J connectivity index is 1.74. The summed E-state index contributed by atoms with van der Waals surface area (Å²) < 4.78 is 29.2. The van der Waals surface area contributed by atoms with E-state index >= 15 is 0 Å². The van der Waals surface area contributed by atoms with Crippen molar-refractivity contribution in [2.45, 2.75) is 31.7 Å². The molecule has 0 aromatic heterocycles. The number of amides is 2. The first kappa shape index (κ1) is 23.5. The maximum Gasteiger partial charge on any atom is 0.419 e. The van der Waals surface area contributed by atoms with Gasteiger partial charge in [0.25, 0.3) is 0 Å². The van der Waals surface area contributed by atoms with Gasteiger partial charge in [0.15, 0.2) is 9.84 Å². The smallest absolute Gasteiger partial charge is 0.410 e. The van der Waals surface area contributed by atoms with Gasteiger partial charge in [0, 0.05) is 19.7 Å². The highest BCUT2D eigenvalue weighted by Crippen LogP contribution is 2.39. The van der Waals surface area contributed by atoms with Gasteiger partial charge < -0.3 is 9.64 Å². The molecule has 1 atom stereocenters. The van der Waals surface area contributed by atoms with Crippen molar-refractivity contribution in [2.75, 3.05) is 22.6 Å². The van der Waals surface area contributed by atoms with Gasteiger partial charge in [-0.3, -0.25) is 9.69 Å². The fourth-order valence-corrected chi connectivity index (χ4v) is 4.74. The lowest BCUT2D eigenvalue weighted by atomic mass is 10.0. The predicted octanol–water partition coefficient (Wildman–Crippen LogP) is 4.83. The molecule has 1 unspecified atom stereocenters. The normalized spacial score (nSPS) is 15.6. The third-order valence-electron chi connectivity index (χ3n) is 5.81. The van der Waals surface area contributed by atoms with Gasteiger partial charge in [0.2, 0.25) is 5.91 Å². The number of fused-ring (bicyclic) bond motifs is 1. The minimum atomic E-state index is -3.31. The zero-order valence-corrected chi connectivity index (χ0v) is 20.3. The molecule has 0 fully saturated rings. The van der Waals surface area contributed by atoms with Crippen molar-refractivity contribution in [1.82, 2.24) is 0 Å². The second-order valence-electron chi connectivity index (χ2n) is 8.53. The quantitative estimate of drug-likeness (QED) is 0.539. The molecule has 176 valence electrons. The van der Waals surface area contributed by atoms with E-state index in [1.54, 1.807) is 47.4 Å². The van der Waals surface area contributed by atoms with Gasteiger partial charge in [-0.1, -0.05) is 35.9 Å². The van der Waals surface area contributed by atoms with Crippen LogP contribution in [0.1, 0.15) is 19.4 Å². The van der Waals surface area contributed by atoms with Crippen LogP contribution in [0.3, 0.4) is 0 Å². The van der Waals surface area contributed by atoms with Crippen LogP contribution in [0.5, 0.6) is 5.75 Å². The van der Waals surface area contributed by atoms with Crippen LogP contribution >= 0.6 is 0 Å². The third kappa shape index (κ3) is 4.68. The number of ether oxygens (including phenoxy) is 1. The average Bonchev–Trinajstić information content (AvgIpc) is 2.79. The fourth-order valence-electron chi connectivity index (χ4n) is 4.11. The highest BCUT2D eigenvalue weighted by atomic mass is 32.2. The fraction of sp³-hybridized carbons (Fsp3) is 0.231. The molecular formula is C26H26N2O5S. The Kier molecular flexibility index (Phi) is 6.18. The molecule has 0 radical (unpaired) electrons. The Labute approximate surface area is 199 Å². The summed E-state index contributed by atoms with van der Waals surface area (Å²) in [5, 5.41) is 0. The lowest BCUT2D eigenvalue weighted by Crippen LogP contribution is -2.52.